The third-order valence-corrected chi connectivity index (χ3v) is 4.46. The van der Waals surface area contributed by atoms with Gasteiger partial charge < -0.3 is 15.3 Å². The zero-order valence-corrected chi connectivity index (χ0v) is 15.0. The summed E-state index contributed by atoms with van der Waals surface area (Å²) in [5.41, 5.74) is 2.06. The van der Waals surface area contributed by atoms with Crippen LogP contribution in [-0.4, -0.2) is 35.1 Å². The first-order chi connectivity index (χ1) is 12.5. The second-order valence-electron chi connectivity index (χ2n) is 6.71. The minimum absolute atomic E-state index is 0.178. The van der Waals surface area contributed by atoms with Crippen LogP contribution in [0, 0.1) is 12.8 Å². The number of carboxylic acids is 1. The molecule has 0 radical (unpaired) electrons. The third-order valence-electron chi connectivity index (χ3n) is 4.46. The van der Waals surface area contributed by atoms with Crippen molar-refractivity contribution in [2.24, 2.45) is 5.92 Å². The van der Waals surface area contributed by atoms with Gasteiger partial charge in [-0.15, -0.1) is 0 Å². The van der Waals surface area contributed by atoms with E-state index in [4.69, 9.17) is 5.11 Å². The number of nitrogens with zero attached hydrogens (tertiary/aromatic N) is 2. The standard InChI is InChI=1S/C20H23N3O3/c1-3-23(12-14-4-5-14)18-11-13(2)10-17(22-18)19(24)21-16-8-6-15(7-9-16)20(25)26/h6-11,14H,3-5,12H2,1-2H3,(H,21,24)(H,25,26). The van der Waals surface area contributed by atoms with Crippen LogP contribution >= 0.6 is 0 Å². The number of hydrogen-bond donors (Lipinski definition) is 2. The van der Waals surface area contributed by atoms with E-state index in [2.05, 4.69) is 22.1 Å². The minimum atomic E-state index is -0.997. The first-order valence-electron chi connectivity index (χ1n) is 8.84. The van der Waals surface area contributed by atoms with Crippen LogP contribution < -0.4 is 10.2 Å². The molecule has 1 aliphatic carbocycles. The number of carboxylic acid groups (broad SMARTS) is 1. The van der Waals surface area contributed by atoms with Crippen molar-refractivity contribution in [3.8, 4) is 0 Å². The van der Waals surface area contributed by atoms with Crippen molar-refractivity contribution in [1.82, 2.24) is 4.98 Å². The molecular weight excluding hydrogens is 330 g/mol. The highest BCUT2D eigenvalue weighted by molar-refractivity contribution is 6.03. The van der Waals surface area contributed by atoms with E-state index in [-0.39, 0.29) is 11.5 Å². The van der Waals surface area contributed by atoms with Gasteiger partial charge in [0.05, 0.1) is 5.56 Å². The van der Waals surface area contributed by atoms with Gasteiger partial charge in [0.15, 0.2) is 0 Å². The maximum atomic E-state index is 12.6. The normalized spacial score (nSPS) is 13.3. The Morgan fingerprint density at radius 3 is 2.50 bits per heavy atom. The number of aromatic carboxylic acids is 1. The second-order valence-corrected chi connectivity index (χ2v) is 6.71. The number of pyridine rings is 1. The predicted molar refractivity (Wildman–Crippen MR) is 101 cm³/mol. The molecule has 1 amide bonds. The van der Waals surface area contributed by atoms with Gasteiger partial charge in [0.2, 0.25) is 0 Å². The molecule has 0 saturated heterocycles. The van der Waals surface area contributed by atoms with Gasteiger partial charge in [-0.2, -0.15) is 0 Å². The molecule has 26 heavy (non-hydrogen) atoms. The largest absolute Gasteiger partial charge is 0.478 e. The van der Waals surface area contributed by atoms with Crippen LogP contribution in [0.2, 0.25) is 0 Å². The first-order valence-corrected chi connectivity index (χ1v) is 8.84. The highest BCUT2D eigenvalue weighted by Gasteiger charge is 2.25. The highest BCUT2D eigenvalue weighted by atomic mass is 16.4. The van der Waals surface area contributed by atoms with Crippen molar-refractivity contribution in [3.63, 3.8) is 0 Å². The Balaban J connectivity index is 1.76. The van der Waals surface area contributed by atoms with E-state index in [0.29, 0.717) is 11.4 Å². The van der Waals surface area contributed by atoms with Crippen molar-refractivity contribution in [3.05, 3.63) is 53.2 Å². The van der Waals surface area contributed by atoms with Gasteiger partial charge in [-0.25, -0.2) is 9.78 Å². The van der Waals surface area contributed by atoms with E-state index in [1.165, 1.54) is 25.0 Å². The molecule has 0 bridgehead atoms. The number of carbonyl (C=O) groups excluding carboxylic acids is 1. The molecule has 2 aromatic rings. The van der Waals surface area contributed by atoms with E-state index < -0.39 is 5.97 Å². The molecule has 1 fully saturated rings. The Morgan fingerprint density at radius 1 is 1.23 bits per heavy atom. The average molecular weight is 353 g/mol. The van der Waals surface area contributed by atoms with E-state index >= 15 is 0 Å². The molecule has 1 heterocycles. The molecule has 1 aromatic heterocycles. The monoisotopic (exact) mass is 353 g/mol. The van der Waals surface area contributed by atoms with Crippen LogP contribution in [0.4, 0.5) is 11.5 Å². The van der Waals surface area contributed by atoms with Gasteiger partial charge in [0.25, 0.3) is 5.91 Å². The molecule has 1 aliphatic rings. The Kier molecular flexibility index (Phi) is 5.21. The summed E-state index contributed by atoms with van der Waals surface area (Å²) < 4.78 is 0. The number of amides is 1. The molecule has 2 N–H and O–H groups in total. The Bertz CT molecular complexity index is 814. The number of anilines is 2. The summed E-state index contributed by atoms with van der Waals surface area (Å²) >= 11 is 0. The summed E-state index contributed by atoms with van der Waals surface area (Å²) in [6, 6.07) is 9.83. The SMILES string of the molecule is CCN(CC1CC1)c1cc(C)cc(C(=O)Nc2ccc(C(=O)O)cc2)n1. The van der Waals surface area contributed by atoms with Crippen LogP contribution in [-0.2, 0) is 0 Å². The van der Waals surface area contributed by atoms with Gasteiger partial charge in [-0.05, 0) is 74.6 Å². The molecule has 136 valence electrons. The Hall–Kier alpha value is -2.89. The topological polar surface area (TPSA) is 82.5 Å². The molecule has 0 atom stereocenters. The first kappa shape index (κ1) is 17.9. The lowest BCUT2D eigenvalue weighted by molar-refractivity contribution is 0.0696. The fraction of sp³-hybridized carbons (Fsp3) is 0.350. The number of benzene rings is 1. The fourth-order valence-electron chi connectivity index (χ4n) is 2.82. The Morgan fingerprint density at radius 2 is 1.92 bits per heavy atom. The summed E-state index contributed by atoms with van der Waals surface area (Å²) in [5, 5.41) is 11.7. The van der Waals surface area contributed by atoms with Gasteiger partial charge in [0, 0.05) is 18.8 Å². The molecular formula is C20H23N3O3. The van der Waals surface area contributed by atoms with Crippen LogP contribution in [0.5, 0.6) is 0 Å². The van der Waals surface area contributed by atoms with Crippen molar-refractivity contribution in [2.45, 2.75) is 26.7 Å². The molecule has 1 saturated carbocycles. The second kappa shape index (κ2) is 7.56. The van der Waals surface area contributed by atoms with Crippen molar-refractivity contribution < 1.29 is 14.7 Å². The quantitative estimate of drug-likeness (QED) is 0.795. The summed E-state index contributed by atoms with van der Waals surface area (Å²) in [4.78, 5) is 30.2. The van der Waals surface area contributed by atoms with Crippen LogP contribution in [0.3, 0.4) is 0 Å². The van der Waals surface area contributed by atoms with E-state index in [9.17, 15) is 9.59 Å². The predicted octanol–water partition coefficient (Wildman–Crippen LogP) is 3.58. The van der Waals surface area contributed by atoms with Gasteiger partial charge >= 0.3 is 5.97 Å². The van der Waals surface area contributed by atoms with E-state index in [1.54, 1.807) is 18.2 Å². The molecule has 0 unspecified atom stereocenters. The van der Waals surface area contributed by atoms with Crippen molar-refractivity contribution in [1.29, 1.82) is 0 Å². The van der Waals surface area contributed by atoms with Crippen LogP contribution in [0.25, 0.3) is 0 Å². The van der Waals surface area contributed by atoms with Crippen molar-refractivity contribution in [2.75, 3.05) is 23.3 Å². The minimum Gasteiger partial charge on any atom is -0.478 e. The lowest BCUT2D eigenvalue weighted by Gasteiger charge is -2.22. The summed E-state index contributed by atoms with van der Waals surface area (Å²) in [7, 11) is 0. The molecule has 3 rings (SSSR count). The van der Waals surface area contributed by atoms with E-state index in [0.717, 1.165) is 30.4 Å². The summed E-state index contributed by atoms with van der Waals surface area (Å²) in [5.74, 6) is 0.261. The zero-order valence-electron chi connectivity index (χ0n) is 15.0. The maximum Gasteiger partial charge on any atom is 0.335 e. The number of aromatic nitrogens is 1. The molecule has 6 heteroatoms. The van der Waals surface area contributed by atoms with Crippen molar-refractivity contribution >= 4 is 23.4 Å². The van der Waals surface area contributed by atoms with Gasteiger partial charge in [0.1, 0.15) is 11.5 Å². The van der Waals surface area contributed by atoms with Crippen LogP contribution in [0.15, 0.2) is 36.4 Å². The van der Waals surface area contributed by atoms with Gasteiger partial charge in [-0.1, -0.05) is 0 Å². The van der Waals surface area contributed by atoms with E-state index in [1.807, 2.05) is 13.0 Å². The fourth-order valence-corrected chi connectivity index (χ4v) is 2.82. The number of nitrogens with one attached hydrogen (secondary N) is 1. The summed E-state index contributed by atoms with van der Waals surface area (Å²) in [6.45, 7) is 5.88. The number of hydrogen-bond acceptors (Lipinski definition) is 4. The third kappa shape index (κ3) is 4.39. The zero-order chi connectivity index (χ0) is 18.7. The molecule has 1 aromatic carbocycles. The maximum absolute atomic E-state index is 12.6. The molecule has 0 aliphatic heterocycles. The molecule has 0 spiro atoms. The number of aryl methyl sites for hydroxylation is 1. The Labute approximate surface area is 152 Å². The number of rotatable bonds is 7. The van der Waals surface area contributed by atoms with Crippen LogP contribution in [0.1, 0.15) is 46.2 Å². The molecule has 6 nitrogen and oxygen atoms in total. The smallest absolute Gasteiger partial charge is 0.335 e. The average Bonchev–Trinajstić information content (AvgIpc) is 3.43. The number of carbonyl (C=O) groups is 2. The lowest BCUT2D eigenvalue weighted by atomic mass is 10.2. The lowest BCUT2D eigenvalue weighted by Crippen LogP contribution is -2.27. The summed E-state index contributed by atoms with van der Waals surface area (Å²) in [6.07, 6.45) is 2.53. The van der Waals surface area contributed by atoms with Gasteiger partial charge in [-0.3, -0.25) is 4.79 Å². The highest BCUT2D eigenvalue weighted by Crippen LogP contribution is 2.31.